The molecule has 5 nitrogen and oxygen atoms in total. The van der Waals surface area contributed by atoms with E-state index in [4.69, 9.17) is 0 Å². The van der Waals surface area contributed by atoms with Crippen LogP contribution in [0.4, 0.5) is 10.8 Å². The number of anilines is 2. The molecule has 1 aliphatic heterocycles. The number of hydrogen-bond acceptors (Lipinski definition) is 6. The Morgan fingerprint density at radius 1 is 1.25 bits per heavy atom. The fraction of sp³-hybridized carbons (Fsp3) is 0.471. The third-order valence-electron chi connectivity index (χ3n) is 4.21. The largest absolute Gasteiger partial charge is 0.342 e. The lowest BCUT2D eigenvalue weighted by atomic mass is 10.1. The van der Waals surface area contributed by atoms with Crippen LogP contribution in [0.3, 0.4) is 0 Å². The lowest BCUT2D eigenvalue weighted by Gasteiger charge is -2.18. The quantitative estimate of drug-likeness (QED) is 0.815. The second-order valence-electron chi connectivity index (χ2n) is 6.09. The van der Waals surface area contributed by atoms with Gasteiger partial charge < -0.3 is 10.2 Å². The number of nitrogens with one attached hydrogen (secondary N) is 1. The predicted octanol–water partition coefficient (Wildman–Crippen LogP) is 4.00. The summed E-state index contributed by atoms with van der Waals surface area (Å²) in [7, 11) is 0. The van der Waals surface area contributed by atoms with Crippen molar-refractivity contribution in [3.8, 4) is 0 Å². The Labute approximate surface area is 150 Å². The molecule has 1 aromatic heterocycles. The van der Waals surface area contributed by atoms with Gasteiger partial charge in [-0.1, -0.05) is 29.2 Å². The molecule has 24 heavy (non-hydrogen) atoms. The molecule has 1 aliphatic rings. The average molecular weight is 363 g/mol. The molecule has 0 bridgehead atoms. The van der Waals surface area contributed by atoms with E-state index in [9.17, 15) is 4.79 Å². The van der Waals surface area contributed by atoms with Crippen LogP contribution in [0.2, 0.25) is 0 Å². The van der Waals surface area contributed by atoms with Gasteiger partial charge in [-0.05, 0) is 56.9 Å². The molecule has 0 saturated carbocycles. The maximum atomic E-state index is 12.4. The van der Waals surface area contributed by atoms with E-state index in [2.05, 4.69) is 41.5 Å². The van der Waals surface area contributed by atoms with Gasteiger partial charge in [-0.25, -0.2) is 0 Å². The summed E-state index contributed by atoms with van der Waals surface area (Å²) in [4.78, 5) is 14.3. The van der Waals surface area contributed by atoms with E-state index in [1.54, 1.807) is 0 Å². The Kier molecular flexibility index (Phi) is 5.40. The number of carbonyl (C=O) groups is 1. The molecule has 1 N–H and O–H groups in total. The van der Waals surface area contributed by atoms with Gasteiger partial charge in [0.05, 0.1) is 5.25 Å². The first-order valence-electron chi connectivity index (χ1n) is 8.16. The minimum Gasteiger partial charge on any atom is -0.342 e. The zero-order chi connectivity index (χ0) is 17.1. The number of hydrogen-bond donors (Lipinski definition) is 1. The molecule has 0 radical (unpaired) electrons. The lowest BCUT2D eigenvalue weighted by Crippen LogP contribution is -2.33. The van der Waals surface area contributed by atoms with Crippen LogP contribution in [0.25, 0.3) is 0 Å². The van der Waals surface area contributed by atoms with Gasteiger partial charge in [-0.15, -0.1) is 10.2 Å². The molecule has 0 spiro atoms. The zero-order valence-electron chi connectivity index (χ0n) is 14.2. The topological polar surface area (TPSA) is 58.1 Å². The third kappa shape index (κ3) is 4.08. The maximum Gasteiger partial charge on any atom is 0.235 e. The molecule has 7 heteroatoms. The molecule has 1 atom stereocenters. The SMILES string of the molecule is Cc1ccc(Nc2nnc(SC(C)C(=O)N3CCCC3)s2)cc1C. The minimum absolute atomic E-state index is 0.120. The van der Waals surface area contributed by atoms with E-state index < -0.39 is 0 Å². The molecule has 1 amide bonds. The van der Waals surface area contributed by atoms with Gasteiger partial charge in [0.1, 0.15) is 0 Å². The molecule has 2 aromatic rings. The van der Waals surface area contributed by atoms with E-state index in [1.807, 2.05) is 17.9 Å². The summed E-state index contributed by atoms with van der Waals surface area (Å²) in [6, 6.07) is 6.23. The highest BCUT2D eigenvalue weighted by molar-refractivity contribution is 8.02. The van der Waals surface area contributed by atoms with Crippen molar-refractivity contribution in [3.05, 3.63) is 29.3 Å². The van der Waals surface area contributed by atoms with Crippen LogP contribution in [0, 0.1) is 13.8 Å². The van der Waals surface area contributed by atoms with Crippen LogP contribution in [-0.4, -0.2) is 39.3 Å². The number of carbonyl (C=O) groups excluding carboxylic acids is 1. The van der Waals surface area contributed by atoms with Gasteiger partial charge in [-0.2, -0.15) is 0 Å². The Balaban J connectivity index is 1.60. The number of amides is 1. The number of benzene rings is 1. The summed E-state index contributed by atoms with van der Waals surface area (Å²) in [5.74, 6) is 0.205. The van der Waals surface area contributed by atoms with Crippen molar-refractivity contribution in [2.45, 2.75) is 43.2 Å². The summed E-state index contributed by atoms with van der Waals surface area (Å²) in [6.07, 6.45) is 2.23. The van der Waals surface area contributed by atoms with Gasteiger partial charge in [0, 0.05) is 18.8 Å². The molecule has 1 saturated heterocycles. The molecule has 1 fully saturated rings. The highest BCUT2D eigenvalue weighted by Gasteiger charge is 2.25. The van der Waals surface area contributed by atoms with Crippen LogP contribution in [0.15, 0.2) is 22.5 Å². The first-order valence-corrected chi connectivity index (χ1v) is 9.86. The molecule has 3 rings (SSSR count). The van der Waals surface area contributed by atoms with Crippen molar-refractivity contribution in [1.82, 2.24) is 15.1 Å². The van der Waals surface area contributed by atoms with Crippen LogP contribution < -0.4 is 5.32 Å². The number of rotatable bonds is 5. The second-order valence-corrected chi connectivity index (χ2v) is 8.66. The molecule has 128 valence electrons. The van der Waals surface area contributed by atoms with E-state index in [0.29, 0.717) is 0 Å². The number of thioether (sulfide) groups is 1. The highest BCUT2D eigenvalue weighted by Crippen LogP contribution is 2.31. The Bertz CT molecular complexity index is 725. The maximum absolute atomic E-state index is 12.4. The zero-order valence-corrected chi connectivity index (χ0v) is 15.8. The van der Waals surface area contributed by atoms with E-state index in [-0.39, 0.29) is 11.2 Å². The van der Waals surface area contributed by atoms with Crippen molar-refractivity contribution in [2.75, 3.05) is 18.4 Å². The molecule has 1 unspecified atom stereocenters. The van der Waals surface area contributed by atoms with Gasteiger partial charge in [0.2, 0.25) is 11.0 Å². The molecule has 2 heterocycles. The van der Waals surface area contributed by atoms with Crippen LogP contribution in [0.1, 0.15) is 30.9 Å². The van der Waals surface area contributed by atoms with Gasteiger partial charge in [-0.3, -0.25) is 4.79 Å². The average Bonchev–Trinajstić information content (AvgIpc) is 3.22. The van der Waals surface area contributed by atoms with E-state index in [0.717, 1.165) is 41.1 Å². The first kappa shape index (κ1) is 17.2. The number of likely N-dealkylation sites (tertiary alicyclic amines) is 1. The monoisotopic (exact) mass is 362 g/mol. The lowest BCUT2D eigenvalue weighted by molar-refractivity contribution is -0.129. The molecular weight excluding hydrogens is 340 g/mol. The van der Waals surface area contributed by atoms with Crippen molar-refractivity contribution < 1.29 is 4.79 Å². The summed E-state index contributed by atoms with van der Waals surface area (Å²) in [5.41, 5.74) is 3.51. The Hall–Kier alpha value is -1.60. The fourth-order valence-electron chi connectivity index (χ4n) is 2.65. The molecule has 1 aromatic carbocycles. The minimum atomic E-state index is -0.120. The predicted molar refractivity (Wildman–Crippen MR) is 100 cm³/mol. The Morgan fingerprint density at radius 2 is 2.00 bits per heavy atom. The van der Waals surface area contributed by atoms with Crippen molar-refractivity contribution in [1.29, 1.82) is 0 Å². The van der Waals surface area contributed by atoms with Crippen LogP contribution in [-0.2, 0) is 4.79 Å². The molecule has 0 aliphatic carbocycles. The summed E-state index contributed by atoms with van der Waals surface area (Å²) >= 11 is 2.97. The van der Waals surface area contributed by atoms with Gasteiger partial charge in [0.15, 0.2) is 4.34 Å². The van der Waals surface area contributed by atoms with E-state index in [1.165, 1.54) is 34.2 Å². The molecular formula is C17H22N4OS2. The fourth-order valence-corrected chi connectivity index (χ4v) is 4.65. The summed E-state index contributed by atoms with van der Waals surface area (Å²) in [6.45, 7) is 7.91. The van der Waals surface area contributed by atoms with Gasteiger partial charge in [0.25, 0.3) is 0 Å². The number of aryl methyl sites for hydroxylation is 2. The van der Waals surface area contributed by atoms with Crippen molar-refractivity contribution in [2.24, 2.45) is 0 Å². The normalized spacial score (nSPS) is 15.5. The van der Waals surface area contributed by atoms with Crippen LogP contribution in [0.5, 0.6) is 0 Å². The Morgan fingerprint density at radius 3 is 2.71 bits per heavy atom. The smallest absolute Gasteiger partial charge is 0.235 e. The number of aromatic nitrogens is 2. The van der Waals surface area contributed by atoms with Crippen molar-refractivity contribution >= 4 is 39.8 Å². The second kappa shape index (κ2) is 7.53. The standard InChI is InChI=1S/C17H22N4OS2/c1-11-6-7-14(10-12(11)2)18-16-19-20-17(24-16)23-13(3)15(22)21-8-4-5-9-21/h6-7,10,13H,4-5,8-9H2,1-3H3,(H,18,19). The van der Waals surface area contributed by atoms with Crippen LogP contribution >= 0.6 is 23.1 Å². The van der Waals surface area contributed by atoms with Gasteiger partial charge >= 0.3 is 0 Å². The van der Waals surface area contributed by atoms with Crippen molar-refractivity contribution in [3.63, 3.8) is 0 Å². The summed E-state index contributed by atoms with van der Waals surface area (Å²) < 4.78 is 0.821. The first-order chi connectivity index (χ1) is 11.5. The van der Waals surface area contributed by atoms with E-state index >= 15 is 0 Å². The third-order valence-corrected chi connectivity index (χ3v) is 6.22. The summed E-state index contributed by atoms with van der Waals surface area (Å²) in [5, 5.41) is 12.3. The number of nitrogens with zero attached hydrogens (tertiary/aromatic N) is 3. The highest BCUT2D eigenvalue weighted by atomic mass is 32.2.